The number of fused-ring (bicyclic) bond motifs is 2. The molecule has 0 N–H and O–H groups in total. The molecule has 0 saturated heterocycles. The molecule has 0 radical (unpaired) electrons. The van der Waals surface area contributed by atoms with Gasteiger partial charge < -0.3 is 0 Å². The van der Waals surface area contributed by atoms with Crippen molar-refractivity contribution in [1.29, 1.82) is 0 Å². The van der Waals surface area contributed by atoms with Gasteiger partial charge in [0.15, 0.2) is 0 Å². The molecule has 0 bridgehead atoms. The third-order valence-electron chi connectivity index (χ3n) is 4.37. The normalized spacial score (nSPS) is 10.3. The van der Waals surface area contributed by atoms with Crippen LogP contribution in [0.25, 0.3) is 53.6 Å². The number of hydrogen-bond donors (Lipinski definition) is 0. The molecule has 0 saturated carbocycles. The number of azide groups is 2. The summed E-state index contributed by atoms with van der Waals surface area (Å²) in [4.78, 5) is 5.95. The smallest absolute Gasteiger partial charge is 0.0460 e. The second kappa shape index (κ2) is 6.49. The molecular formula is C20H12N6. The van der Waals surface area contributed by atoms with Gasteiger partial charge in [-0.15, -0.1) is 0 Å². The van der Waals surface area contributed by atoms with E-state index in [-0.39, 0.29) is 0 Å². The van der Waals surface area contributed by atoms with Crippen molar-refractivity contribution in [2.45, 2.75) is 0 Å². The summed E-state index contributed by atoms with van der Waals surface area (Å²) in [6, 6.07) is 23.1. The van der Waals surface area contributed by atoms with E-state index in [0.29, 0.717) is 11.4 Å². The predicted molar refractivity (Wildman–Crippen MR) is 105 cm³/mol. The summed E-state index contributed by atoms with van der Waals surface area (Å²) >= 11 is 0. The van der Waals surface area contributed by atoms with E-state index in [1.807, 2.05) is 60.7 Å². The Hall–Kier alpha value is -3.98. The van der Waals surface area contributed by atoms with E-state index in [4.69, 9.17) is 11.1 Å². The van der Waals surface area contributed by atoms with E-state index in [1.165, 1.54) is 0 Å². The molecule has 0 aliphatic rings. The van der Waals surface area contributed by atoms with Crippen molar-refractivity contribution >= 4 is 32.9 Å². The lowest BCUT2D eigenvalue weighted by atomic mass is 9.91. The molecule has 4 aromatic rings. The minimum absolute atomic E-state index is 0.497. The van der Waals surface area contributed by atoms with Crippen molar-refractivity contribution in [2.75, 3.05) is 0 Å². The van der Waals surface area contributed by atoms with Gasteiger partial charge in [0.05, 0.1) is 0 Å². The van der Waals surface area contributed by atoms with Gasteiger partial charge in [0.1, 0.15) is 0 Å². The number of rotatable bonds is 3. The largest absolute Gasteiger partial charge is 0.0616 e. The Morgan fingerprint density at radius 1 is 0.538 bits per heavy atom. The van der Waals surface area contributed by atoms with Crippen LogP contribution < -0.4 is 0 Å². The molecule has 0 aliphatic carbocycles. The fourth-order valence-corrected chi connectivity index (χ4v) is 3.31. The van der Waals surface area contributed by atoms with Gasteiger partial charge in [0.25, 0.3) is 0 Å². The molecule has 0 aromatic heterocycles. The van der Waals surface area contributed by atoms with Crippen molar-refractivity contribution in [1.82, 2.24) is 0 Å². The Bertz CT molecular complexity index is 1150. The average Bonchev–Trinajstić information content (AvgIpc) is 2.69. The van der Waals surface area contributed by atoms with Crippen molar-refractivity contribution in [3.63, 3.8) is 0 Å². The van der Waals surface area contributed by atoms with Crippen LogP contribution in [0.5, 0.6) is 0 Å². The first-order chi connectivity index (χ1) is 12.8. The van der Waals surface area contributed by atoms with E-state index in [2.05, 4.69) is 20.1 Å². The number of benzene rings is 4. The van der Waals surface area contributed by atoms with Crippen molar-refractivity contribution in [3.8, 4) is 11.1 Å². The van der Waals surface area contributed by atoms with E-state index in [9.17, 15) is 0 Å². The van der Waals surface area contributed by atoms with Crippen LogP contribution >= 0.6 is 0 Å². The van der Waals surface area contributed by atoms with Gasteiger partial charge >= 0.3 is 0 Å². The zero-order chi connectivity index (χ0) is 17.9. The van der Waals surface area contributed by atoms with Gasteiger partial charge in [-0.25, -0.2) is 0 Å². The molecule has 4 aromatic carbocycles. The van der Waals surface area contributed by atoms with E-state index < -0.39 is 0 Å². The Morgan fingerprint density at radius 3 is 1.38 bits per heavy atom. The summed E-state index contributed by atoms with van der Waals surface area (Å²) in [6.45, 7) is 0. The van der Waals surface area contributed by atoms with Crippen molar-refractivity contribution < 1.29 is 0 Å². The standard InChI is InChI=1S/C20H12N6/c21-25-23-17-11-9-13-5-1-3-7-15(13)19(17)20-16-8-4-2-6-14(16)10-12-18(20)24-26-22/h1-12H. The average molecular weight is 336 g/mol. The lowest BCUT2D eigenvalue weighted by Crippen LogP contribution is -1.86. The Balaban J connectivity index is 2.26. The number of nitrogens with zero attached hydrogens (tertiary/aromatic N) is 6. The fourth-order valence-electron chi connectivity index (χ4n) is 3.31. The summed E-state index contributed by atoms with van der Waals surface area (Å²) in [5, 5.41) is 11.7. The van der Waals surface area contributed by atoms with E-state index in [0.717, 1.165) is 32.7 Å². The van der Waals surface area contributed by atoms with Crippen LogP contribution in [0.3, 0.4) is 0 Å². The molecule has 6 heteroatoms. The molecule has 0 atom stereocenters. The van der Waals surface area contributed by atoms with Crippen LogP contribution in [0.1, 0.15) is 0 Å². The van der Waals surface area contributed by atoms with Crippen molar-refractivity contribution in [2.24, 2.45) is 10.2 Å². The zero-order valence-electron chi connectivity index (χ0n) is 13.6. The topological polar surface area (TPSA) is 97.5 Å². The van der Waals surface area contributed by atoms with Crippen LogP contribution in [-0.2, 0) is 0 Å². The SMILES string of the molecule is [N-]=[N+]=Nc1ccc2ccccc2c1-c1c(N=[N+]=[N-])ccc2ccccc12. The molecule has 0 spiro atoms. The highest BCUT2D eigenvalue weighted by Gasteiger charge is 2.15. The van der Waals surface area contributed by atoms with Gasteiger partial charge in [-0.1, -0.05) is 83.0 Å². The summed E-state index contributed by atoms with van der Waals surface area (Å²) in [6.07, 6.45) is 0. The highest BCUT2D eigenvalue weighted by atomic mass is 15.1. The second-order valence-electron chi connectivity index (χ2n) is 5.74. The minimum Gasteiger partial charge on any atom is -0.0616 e. The van der Waals surface area contributed by atoms with Crippen molar-refractivity contribution in [3.05, 3.63) is 93.7 Å². The molecule has 0 amide bonds. The van der Waals surface area contributed by atoms with Crippen LogP contribution in [0, 0.1) is 0 Å². The van der Waals surface area contributed by atoms with Crippen LogP contribution in [-0.4, -0.2) is 0 Å². The van der Waals surface area contributed by atoms with Gasteiger partial charge in [-0.2, -0.15) is 0 Å². The lowest BCUT2D eigenvalue weighted by molar-refractivity contribution is 1.46. The Morgan fingerprint density at radius 2 is 0.962 bits per heavy atom. The van der Waals surface area contributed by atoms with E-state index >= 15 is 0 Å². The third kappa shape index (κ3) is 2.48. The first kappa shape index (κ1) is 15.5. The highest BCUT2D eigenvalue weighted by Crippen LogP contribution is 2.45. The fraction of sp³-hybridized carbons (Fsp3) is 0. The summed E-state index contributed by atoms with van der Waals surface area (Å²) < 4.78 is 0. The molecule has 0 unspecified atom stereocenters. The van der Waals surface area contributed by atoms with Crippen LogP contribution in [0.2, 0.25) is 0 Å². The highest BCUT2D eigenvalue weighted by molar-refractivity contribution is 6.12. The monoisotopic (exact) mass is 336 g/mol. The Kier molecular flexibility index (Phi) is 3.88. The second-order valence-corrected chi connectivity index (χ2v) is 5.74. The van der Waals surface area contributed by atoms with Crippen LogP contribution in [0.4, 0.5) is 11.4 Å². The summed E-state index contributed by atoms with van der Waals surface area (Å²) in [7, 11) is 0. The van der Waals surface area contributed by atoms with Gasteiger partial charge in [-0.05, 0) is 32.6 Å². The molecule has 0 fully saturated rings. The molecule has 6 nitrogen and oxygen atoms in total. The molecule has 26 heavy (non-hydrogen) atoms. The maximum atomic E-state index is 9.03. The maximum absolute atomic E-state index is 9.03. The Labute approximate surface area is 148 Å². The maximum Gasteiger partial charge on any atom is 0.0460 e. The minimum atomic E-state index is 0.497. The van der Waals surface area contributed by atoms with Gasteiger partial charge in [-0.3, -0.25) is 0 Å². The molecule has 0 heterocycles. The van der Waals surface area contributed by atoms with Gasteiger partial charge in [0.2, 0.25) is 0 Å². The first-order valence-electron chi connectivity index (χ1n) is 7.97. The molecule has 4 rings (SSSR count). The van der Waals surface area contributed by atoms with Crippen LogP contribution in [0.15, 0.2) is 83.0 Å². The number of hydrogen-bond acceptors (Lipinski definition) is 2. The molecule has 122 valence electrons. The zero-order valence-corrected chi connectivity index (χ0v) is 13.6. The van der Waals surface area contributed by atoms with Gasteiger partial charge in [0, 0.05) is 32.3 Å². The molecular weight excluding hydrogens is 324 g/mol. The van der Waals surface area contributed by atoms with E-state index in [1.54, 1.807) is 12.1 Å². The first-order valence-corrected chi connectivity index (χ1v) is 7.97. The third-order valence-corrected chi connectivity index (χ3v) is 4.37. The summed E-state index contributed by atoms with van der Waals surface area (Å²) in [5.74, 6) is 0. The molecule has 0 aliphatic heterocycles. The predicted octanol–water partition coefficient (Wildman–Crippen LogP) is 7.54. The quantitative estimate of drug-likeness (QED) is 0.210. The lowest BCUT2D eigenvalue weighted by Gasteiger charge is -2.15. The summed E-state index contributed by atoms with van der Waals surface area (Å²) in [5.41, 5.74) is 20.6.